The van der Waals surface area contributed by atoms with Gasteiger partial charge in [0.15, 0.2) is 0 Å². The molecule has 22 heavy (non-hydrogen) atoms. The topological polar surface area (TPSA) is 46.5 Å². The first kappa shape index (κ1) is 22.9. The second-order valence-corrected chi connectivity index (χ2v) is 5.29. The number of aliphatic hydroxyl groups is 1. The van der Waals surface area contributed by atoms with Crippen LogP contribution in [0.2, 0.25) is 0 Å². The van der Waals surface area contributed by atoms with Crippen LogP contribution in [0.25, 0.3) is 0 Å². The van der Waals surface area contributed by atoms with E-state index in [1.165, 1.54) is 45.4 Å². The van der Waals surface area contributed by atoms with Gasteiger partial charge >= 0.3 is 5.97 Å². The van der Waals surface area contributed by atoms with Crippen LogP contribution in [0.3, 0.4) is 0 Å². The van der Waals surface area contributed by atoms with Crippen molar-refractivity contribution in [2.75, 3.05) is 6.61 Å². The van der Waals surface area contributed by atoms with E-state index in [-0.39, 0.29) is 12.1 Å². The zero-order valence-corrected chi connectivity index (χ0v) is 14.8. The minimum Gasteiger partial charge on any atom is -0.466 e. The molecule has 0 spiro atoms. The third-order valence-electron chi connectivity index (χ3n) is 2.51. The first-order chi connectivity index (χ1) is 10.5. The first-order valence-corrected chi connectivity index (χ1v) is 8.32. The number of carbonyl (C=O) groups is 1. The van der Waals surface area contributed by atoms with Gasteiger partial charge in [-0.3, -0.25) is 4.79 Å². The van der Waals surface area contributed by atoms with Crippen LogP contribution in [0.1, 0.15) is 66.2 Å². The van der Waals surface area contributed by atoms with E-state index < -0.39 is 0 Å². The number of carbonyl (C=O) groups excluding carboxylic acids is 1. The number of benzene rings is 1. The van der Waals surface area contributed by atoms with Gasteiger partial charge in [0.1, 0.15) is 0 Å². The summed E-state index contributed by atoms with van der Waals surface area (Å²) in [6, 6.07) is 12.0. The summed E-state index contributed by atoms with van der Waals surface area (Å²) in [6.45, 7) is 7.10. The van der Waals surface area contributed by atoms with Crippen LogP contribution < -0.4 is 0 Å². The van der Waals surface area contributed by atoms with Gasteiger partial charge in [-0.15, -0.1) is 0 Å². The van der Waals surface area contributed by atoms with E-state index in [2.05, 4.69) is 4.74 Å². The van der Waals surface area contributed by atoms with E-state index in [9.17, 15) is 4.79 Å². The fraction of sp³-hybridized carbons (Fsp3) is 0.632. The van der Waals surface area contributed by atoms with Crippen LogP contribution in [0.5, 0.6) is 0 Å². The third kappa shape index (κ3) is 31.2. The molecule has 3 nitrogen and oxygen atoms in total. The Kier molecular flexibility index (Phi) is 20.5. The SMILES string of the molecule is C1CCCCC1.CC(C)O.CCOC(C)=O.c1ccccc1. The molecule has 1 aliphatic carbocycles. The average molecular weight is 310 g/mol. The largest absolute Gasteiger partial charge is 0.466 e. The average Bonchev–Trinajstić information content (AvgIpc) is 2.51. The van der Waals surface area contributed by atoms with Gasteiger partial charge in [-0.1, -0.05) is 74.9 Å². The van der Waals surface area contributed by atoms with Crippen LogP contribution in [0.15, 0.2) is 36.4 Å². The maximum Gasteiger partial charge on any atom is 0.302 e. The molecule has 0 aromatic heterocycles. The summed E-state index contributed by atoms with van der Waals surface area (Å²) in [6.07, 6.45) is 8.83. The number of aliphatic hydroxyl groups excluding tert-OH is 1. The second kappa shape index (κ2) is 19.7. The minimum absolute atomic E-state index is 0.167. The molecule has 0 bridgehead atoms. The van der Waals surface area contributed by atoms with Gasteiger partial charge in [0.2, 0.25) is 0 Å². The summed E-state index contributed by atoms with van der Waals surface area (Å²) >= 11 is 0. The molecule has 1 saturated carbocycles. The minimum atomic E-state index is -0.211. The normalized spacial score (nSPS) is 12.5. The zero-order chi connectivity index (χ0) is 17.1. The lowest BCUT2D eigenvalue weighted by molar-refractivity contribution is -0.140. The summed E-state index contributed by atoms with van der Waals surface area (Å²) in [5, 5.41) is 8.06. The van der Waals surface area contributed by atoms with Crippen LogP contribution in [-0.2, 0) is 9.53 Å². The van der Waals surface area contributed by atoms with Gasteiger partial charge in [0.05, 0.1) is 6.61 Å². The van der Waals surface area contributed by atoms with E-state index in [0.29, 0.717) is 6.61 Å². The zero-order valence-electron chi connectivity index (χ0n) is 14.8. The predicted molar refractivity (Wildman–Crippen MR) is 93.8 cm³/mol. The van der Waals surface area contributed by atoms with Crippen molar-refractivity contribution in [3.63, 3.8) is 0 Å². The number of esters is 1. The Labute approximate surface area is 136 Å². The van der Waals surface area contributed by atoms with E-state index in [4.69, 9.17) is 5.11 Å². The fourth-order valence-corrected chi connectivity index (χ4v) is 1.65. The van der Waals surface area contributed by atoms with Crippen molar-refractivity contribution in [1.29, 1.82) is 0 Å². The molecule has 0 amide bonds. The monoisotopic (exact) mass is 310 g/mol. The molecule has 3 heteroatoms. The van der Waals surface area contributed by atoms with E-state index in [0.717, 1.165) is 0 Å². The molecule has 1 aromatic carbocycles. The smallest absolute Gasteiger partial charge is 0.302 e. The number of hydrogen-bond acceptors (Lipinski definition) is 3. The summed E-state index contributed by atoms with van der Waals surface area (Å²) in [5.74, 6) is -0.211. The highest BCUT2D eigenvalue weighted by Gasteiger charge is 1.95. The molecule has 1 N–H and O–H groups in total. The third-order valence-corrected chi connectivity index (χ3v) is 2.51. The van der Waals surface area contributed by atoms with Gasteiger partial charge in [-0.25, -0.2) is 0 Å². The van der Waals surface area contributed by atoms with Crippen molar-refractivity contribution >= 4 is 5.97 Å². The highest BCUT2D eigenvalue weighted by atomic mass is 16.5. The van der Waals surface area contributed by atoms with Crippen LogP contribution >= 0.6 is 0 Å². The van der Waals surface area contributed by atoms with Gasteiger partial charge in [-0.05, 0) is 20.8 Å². The molecule has 0 heterocycles. The molecule has 0 saturated heterocycles. The summed E-state index contributed by atoms with van der Waals surface area (Å²) in [4.78, 5) is 9.82. The summed E-state index contributed by atoms with van der Waals surface area (Å²) in [5.41, 5.74) is 0. The molecule has 0 radical (unpaired) electrons. The molecule has 2 rings (SSSR count). The lowest BCUT2D eigenvalue weighted by Crippen LogP contribution is -1.95. The van der Waals surface area contributed by atoms with Gasteiger partial charge < -0.3 is 9.84 Å². The van der Waals surface area contributed by atoms with E-state index in [1.807, 2.05) is 36.4 Å². The molecule has 1 fully saturated rings. The maximum atomic E-state index is 9.82. The lowest BCUT2D eigenvalue weighted by Gasteiger charge is -2.05. The van der Waals surface area contributed by atoms with Crippen molar-refractivity contribution in [3.8, 4) is 0 Å². The van der Waals surface area contributed by atoms with Gasteiger partial charge in [0, 0.05) is 13.0 Å². The molecule has 0 unspecified atom stereocenters. The number of ether oxygens (including phenoxy) is 1. The van der Waals surface area contributed by atoms with Crippen LogP contribution in [-0.4, -0.2) is 23.8 Å². The highest BCUT2D eigenvalue weighted by Crippen LogP contribution is 2.15. The quantitative estimate of drug-likeness (QED) is 0.744. The van der Waals surface area contributed by atoms with Gasteiger partial charge in [0.25, 0.3) is 0 Å². The Morgan fingerprint density at radius 1 is 0.909 bits per heavy atom. The van der Waals surface area contributed by atoms with E-state index >= 15 is 0 Å². The lowest BCUT2D eigenvalue weighted by atomic mass is 10.0. The van der Waals surface area contributed by atoms with Gasteiger partial charge in [-0.2, -0.15) is 0 Å². The summed E-state index contributed by atoms with van der Waals surface area (Å²) < 4.78 is 4.40. The maximum absolute atomic E-state index is 9.82. The van der Waals surface area contributed by atoms with E-state index in [1.54, 1.807) is 20.8 Å². The molecular formula is C19H34O3. The Hall–Kier alpha value is -1.35. The standard InChI is InChI=1S/C6H12.C6H6.C4H8O2.C3H8O/c2*1-2-4-6-5-3-1;1-3-6-4(2)5;1-3(2)4/h1-6H2;1-6H;3H2,1-2H3;3-4H,1-2H3. The molecule has 1 aliphatic rings. The molecular weight excluding hydrogens is 276 g/mol. The van der Waals surface area contributed by atoms with Crippen molar-refractivity contribution in [2.45, 2.75) is 72.3 Å². The Balaban J connectivity index is 0. The molecule has 0 aliphatic heterocycles. The van der Waals surface area contributed by atoms with Crippen molar-refractivity contribution in [3.05, 3.63) is 36.4 Å². The second-order valence-electron chi connectivity index (χ2n) is 5.29. The van der Waals surface area contributed by atoms with Crippen molar-refractivity contribution < 1.29 is 14.6 Å². The van der Waals surface area contributed by atoms with Crippen molar-refractivity contribution in [1.82, 2.24) is 0 Å². The fourth-order valence-electron chi connectivity index (χ4n) is 1.65. The van der Waals surface area contributed by atoms with Crippen molar-refractivity contribution in [2.24, 2.45) is 0 Å². The van der Waals surface area contributed by atoms with Crippen LogP contribution in [0.4, 0.5) is 0 Å². The molecule has 1 aromatic rings. The first-order valence-electron chi connectivity index (χ1n) is 8.32. The Bertz CT molecular complexity index is 265. The number of rotatable bonds is 1. The highest BCUT2D eigenvalue weighted by molar-refractivity contribution is 5.65. The Morgan fingerprint density at radius 3 is 1.23 bits per heavy atom. The Morgan fingerprint density at radius 2 is 1.14 bits per heavy atom. The number of hydrogen-bond donors (Lipinski definition) is 1. The van der Waals surface area contributed by atoms with Crippen LogP contribution in [0, 0.1) is 0 Å². The summed E-state index contributed by atoms with van der Waals surface area (Å²) in [7, 11) is 0. The molecule has 128 valence electrons. The molecule has 0 atom stereocenters. The predicted octanol–water partition coefficient (Wildman–Crippen LogP) is 4.98.